The standard InChI is InChI=1S/C13H20N2O.C2H6/c1-11-4-5-13(16-3)12(10-11)15-8-6-14(2)7-9-15;1-2/h4-5,10H,6-9H2,1-3H3;1-2H3. The van der Waals surface area contributed by atoms with E-state index in [0.717, 1.165) is 31.9 Å². The van der Waals surface area contributed by atoms with Crippen LogP contribution in [-0.2, 0) is 0 Å². The molecular weight excluding hydrogens is 224 g/mol. The third-order valence-corrected chi connectivity index (χ3v) is 3.18. The lowest BCUT2D eigenvalue weighted by atomic mass is 10.1. The molecule has 0 N–H and O–H groups in total. The fourth-order valence-corrected chi connectivity index (χ4v) is 2.09. The monoisotopic (exact) mass is 250 g/mol. The van der Waals surface area contributed by atoms with Crippen molar-refractivity contribution in [3.8, 4) is 5.75 Å². The van der Waals surface area contributed by atoms with Gasteiger partial charge in [-0.1, -0.05) is 19.9 Å². The number of ether oxygens (including phenoxy) is 1. The average molecular weight is 250 g/mol. The molecular formula is C15H26N2O. The second kappa shape index (κ2) is 7.27. The predicted molar refractivity (Wildman–Crippen MR) is 78.8 cm³/mol. The van der Waals surface area contributed by atoms with Gasteiger partial charge in [0.05, 0.1) is 12.8 Å². The summed E-state index contributed by atoms with van der Waals surface area (Å²) in [7, 11) is 3.91. The number of rotatable bonds is 2. The number of likely N-dealkylation sites (N-methyl/N-ethyl adjacent to an activating group) is 1. The van der Waals surface area contributed by atoms with Crippen LogP contribution < -0.4 is 9.64 Å². The molecule has 0 radical (unpaired) electrons. The van der Waals surface area contributed by atoms with Crippen LogP contribution in [0.4, 0.5) is 5.69 Å². The van der Waals surface area contributed by atoms with Crippen molar-refractivity contribution in [1.82, 2.24) is 4.90 Å². The first kappa shape index (κ1) is 14.8. The highest BCUT2D eigenvalue weighted by atomic mass is 16.5. The summed E-state index contributed by atoms with van der Waals surface area (Å²) in [6.07, 6.45) is 0. The molecule has 2 rings (SSSR count). The first-order valence-corrected chi connectivity index (χ1v) is 6.79. The van der Waals surface area contributed by atoms with Crippen molar-refractivity contribution in [2.75, 3.05) is 45.2 Å². The summed E-state index contributed by atoms with van der Waals surface area (Å²) in [6.45, 7) is 10.5. The van der Waals surface area contributed by atoms with Crippen LogP contribution in [0.3, 0.4) is 0 Å². The third kappa shape index (κ3) is 3.64. The van der Waals surface area contributed by atoms with E-state index in [1.807, 2.05) is 13.8 Å². The smallest absolute Gasteiger partial charge is 0.142 e. The fourth-order valence-electron chi connectivity index (χ4n) is 2.09. The van der Waals surface area contributed by atoms with E-state index >= 15 is 0 Å². The van der Waals surface area contributed by atoms with Crippen LogP contribution in [0.1, 0.15) is 19.4 Å². The Hall–Kier alpha value is -1.22. The van der Waals surface area contributed by atoms with Crippen molar-refractivity contribution in [2.45, 2.75) is 20.8 Å². The van der Waals surface area contributed by atoms with Crippen LogP contribution in [-0.4, -0.2) is 45.2 Å². The van der Waals surface area contributed by atoms with Gasteiger partial charge in [0.15, 0.2) is 0 Å². The largest absolute Gasteiger partial charge is 0.495 e. The Bertz CT molecular complexity index is 358. The normalized spacial score (nSPS) is 15.9. The minimum absolute atomic E-state index is 0.982. The summed E-state index contributed by atoms with van der Waals surface area (Å²) in [5, 5.41) is 0. The zero-order valence-electron chi connectivity index (χ0n) is 12.4. The molecule has 1 aromatic rings. The van der Waals surface area contributed by atoms with Gasteiger partial charge in [-0.2, -0.15) is 0 Å². The van der Waals surface area contributed by atoms with Crippen LogP contribution >= 0.6 is 0 Å². The Morgan fingerprint density at radius 3 is 2.22 bits per heavy atom. The van der Waals surface area contributed by atoms with Crippen molar-refractivity contribution >= 4 is 5.69 Å². The highest BCUT2D eigenvalue weighted by Crippen LogP contribution is 2.29. The minimum atomic E-state index is 0.982. The van der Waals surface area contributed by atoms with Gasteiger partial charge in [0.1, 0.15) is 5.75 Å². The molecule has 1 aliphatic heterocycles. The van der Waals surface area contributed by atoms with E-state index in [0.29, 0.717) is 0 Å². The van der Waals surface area contributed by atoms with Gasteiger partial charge in [0, 0.05) is 26.2 Å². The summed E-state index contributed by atoms with van der Waals surface area (Å²) in [6, 6.07) is 6.37. The Morgan fingerprint density at radius 1 is 1.06 bits per heavy atom. The minimum Gasteiger partial charge on any atom is -0.495 e. The molecule has 1 saturated heterocycles. The van der Waals surface area contributed by atoms with Gasteiger partial charge in [-0.05, 0) is 31.7 Å². The average Bonchev–Trinajstić information content (AvgIpc) is 2.42. The van der Waals surface area contributed by atoms with Crippen LogP contribution in [0.2, 0.25) is 0 Å². The van der Waals surface area contributed by atoms with Crippen molar-refractivity contribution in [1.29, 1.82) is 0 Å². The van der Waals surface area contributed by atoms with E-state index in [4.69, 9.17) is 4.74 Å². The van der Waals surface area contributed by atoms with Gasteiger partial charge in [0.2, 0.25) is 0 Å². The second-order valence-corrected chi connectivity index (χ2v) is 4.47. The highest BCUT2D eigenvalue weighted by molar-refractivity contribution is 5.60. The third-order valence-electron chi connectivity index (χ3n) is 3.18. The number of hydrogen-bond donors (Lipinski definition) is 0. The summed E-state index contributed by atoms with van der Waals surface area (Å²) in [4.78, 5) is 4.77. The van der Waals surface area contributed by atoms with E-state index in [2.05, 4.69) is 42.0 Å². The Morgan fingerprint density at radius 2 is 1.67 bits per heavy atom. The topological polar surface area (TPSA) is 15.7 Å². The van der Waals surface area contributed by atoms with Gasteiger partial charge in [-0.15, -0.1) is 0 Å². The molecule has 0 atom stereocenters. The molecule has 0 bridgehead atoms. The molecule has 1 aliphatic rings. The molecule has 0 unspecified atom stereocenters. The van der Waals surface area contributed by atoms with Crippen molar-refractivity contribution < 1.29 is 4.74 Å². The maximum absolute atomic E-state index is 5.43. The number of hydrogen-bond acceptors (Lipinski definition) is 3. The summed E-state index contributed by atoms with van der Waals surface area (Å²) in [5.74, 6) is 0.982. The lowest BCUT2D eigenvalue weighted by molar-refractivity contribution is 0.311. The molecule has 1 heterocycles. The van der Waals surface area contributed by atoms with Gasteiger partial charge < -0.3 is 14.5 Å². The first-order valence-electron chi connectivity index (χ1n) is 6.79. The van der Waals surface area contributed by atoms with Crippen LogP contribution in [0.15, 0.2) is 18.2 Å². The van der Waals surface area contributed by atoms with Crippen LogP contribution in [0.25, 0.3) is 0 Å². The van der Waals surface area contributed by atoms with Crippen LogP contribution in [0.5, 0.6) is 5.75 Å². The Labute approximate surface area is 111 Å². The summed E-state index contributed by atoms with van der Waals surface area (Å²) < 4.78 is 5.43. The Kier molecular flexibility index (Phi) is 5.99. The van der Waals surface area contributed by atoms with Crippen LogP contribution in [0, 0.1) is 6.92 Å². The van der Waals surface area contributed by atoms with Crippen molar-refractivity contribution in [3.63, 3.8) is 0 Å². The lowest BCUT2D eigenvalue weighted by Crippen LogP contribution is -2.44. The number of anilines is 1. The molecule has 0 aliphatic carbocycles. The second-order valence-electron chi connectivity index (χ2n) is 4.47. The molecule has 18 heavy (non-hydrogen) atoms. The Balaban J connectivity index is 0.000000771. The van der Waals surface area contributed by atoms with Gasteiger partial charge >= 0.3 is 0 Å². The molecule has 102 valence electrons. The highest BCUT2D eigenvalue weighted by Gasteiger charge is 2.17. The molecule has 0 saturated carbocycles. The molecule has 1 fully saturated rings. The van der Waals surface area contributed by atoms with E-state index in [-0.39, 0.29) is 0 Å². The number of methoxy groups -OCH3 is 1. The molecule has 3 nitrogen and oxygen atoms in total. The van der Waals surface area contributed by atoms with Gasteiger partial charge in [-0.25, -0.2) is 0 Å². The number of piperazine rings is 1. The first-order chi connectivity index (χ1) is 8.70. The van der Waals surface area contributed by atoms with Crippen molar-refractivity contribution in [3.05, 3.63) is 23.8 Å². The maximum Gasteiger partial charge on any atom is 0.142 e. The number of benzene rings is 1. The van der Waals surface area contributed by atoms with Crippen molar-refractivity contribution in [2.24, 2.45) is 0 Å². The molecule has 3 heteroatoms. The van der Waals surface area contributed by atoms with Gasteiger partial charge in [-0.3, -0.25) is 0 Å². The lowest BCUT2D eigenvalue weighted by Gasteiger charge is -2.34. The van der Waals surface area contributed by atoms with E-state index in [9.17, 15) is 0 Å². The van der Waals surface area contributed by atoms with E-state index < -0.39 is 0 Å². The fraction of sp³-hybridized carbons (Fsp3) is 0.600. The number of aryl methyl sites for hydroxylation is 1. The van der Waals surface area contributed by atoms with Gasteiger partial charge in [0.25, 0.3) is 0 Å². The molecule has 0 aromatic heterocycles. The zero-order chi connectivity index (χ0) is 13.5. The SMILES string of the molecule is CC.COc1ccc(C)cc1N1CCN(C)CC1. The maximum atomic E-state index is 5.43. The van der Waals surface area contributed by atoms with E-state index in [1.54, 1.807) is 7.11 Å². The zero-order valence-corrected chi connectivity index (χ0v) is 12.4. The molecule has 1 aromatic carbocycles. The molecule has 0 spiro atoms. The summed E-state index contributed by atoms with van der Waals surface area (Å²) in [5.41, 5.74) is 2.52. The van der Waals surface area contributed by atoms with E-state index in [1.165, 1.54) is 11.3 Å². The molecule has 0 amide bonds. The number of nitrogens with zero attached hydrogens (tertiary/aromatic N) is 2. The quantitative estimate of drug-likeness (QED) is 0.802. The summed E-state index contributed by atoms with van der Waals surface area (Å²) >= 11 is 0. The predicted octanol–water partition coefficient (Wildman–Crippen LogP) is 2.78.